The zero-order valence-corrected chi connectivity index (χ0v) is 15.5. The molecule has 4 N–H and O–H groups in total. The van der Waals surface area contributed by atoms with E-state index in [-0.39, 0.29) is 18.4 Å². The van der Waals surface area contributed by atoms with Crippen LogP contribution in [0.15, 0.2) is 34.3 Å². The molecule has 0 bridgehead atoms. The maximum Gasteiger partial charge on any atom is 0.220 e. The second kappa shape index (κ2) is 8.78. The molecular weight excluding hydrogens is 326 g/mol. The van der Waals surface area contributed by atoms with E-state index < -0.39 is 5.66 Å². The Bertz CT molecular complexity index is 583. The number of hydrogen-bond donors (Lipinski definition) is 2. The van der Waals surface area contributed by atoms with Gasteiger partial charge >= 0.3 is 0 Å². The van der Waals surface area contributed by atoms with E-state index in [1.165, 1.54) is 19.3 Å². The van der Waals surface area contributed by atoms with Crippen LogP contribution in [0, 0.1) is 0 Å². The normalized spacial score (nSPS) is 16.0. The van der Waals surface area contributed by atoms with Crippen molar-refractivity contribution in [3.05, 3.63) is 24.3 Å². The molecule has 1 aromatic carbocycles. The van der Waals surface area contributed by atoms with E-state index in [2.05, 4.69) is 16.9 Å². The molecule has 0 aliphatic carbocycles. The van der Waals surface area contributed by atoms with Gasteiger partial charge in [-0.3, -0.25) is 4.90 Å². The molecule has 24 heavy (non-hydrogen) atoms. The maximum atomic E-state index is 6.03. The average molecular weight is 354 g/mol. The third-order valence-electron chi connectivity index (χ3n) is 3.76. The zero-order chi connectivity index (χ0) is 16.9. The third kappa shape index (κ3) is 5.03. The largest absolute Gasteiger partial charge is 0.494 e. The minimum atomic E-state index is -0.571. The fraction of sp³-hybridized carbons (Fsp3) is 0.529. The van der Waals surface area contributed by atoms with Gasteiger partial charge in [-0.05, 0) is 44.5 Å². The summed E-state index contributed by atoms with van der Waals surface area (Å²) in [6.07, 6.45) is 4.79. The van der Waals surface area contributed by atoms with Crippen LogP contribution in [0.2, 0.25) is 0 Å². The molecule has 0 radical (unpaired) electrons. The molecule has 0 fully saturated rings. The highest BCUT2D eigenvalue weighted by atomic mass is 35.5. The van der Waals surface area contributed by atoms with Crippen LogP contribution in [0.25, 0.3) is 0 Å². The summed E-state index contributed by atoms with van der Waals surface area (Å²) in [5.41, 5.74) is 12.1. The van der Waals surface area contributed by atoms with Crippen molar-refractivity contribution < 1.29 is 4.74 Å². The monoisotopic (exact) mass is 353 g/mol. The summed E-state index contributed by atoms with van der Waals surface area (Å²) in [7, 11) is 0. The predicted octanol–water partition coefficient (Wildman–Crippen LogP) is 3.25. The number of aliphatic imine (C=N–C) groups is 2. The predicted molar refractivity (Wildman–Crippen MR) is 103 cm³/mol. The molecular formula is C17H28ClN5O. The molecule has 7 heteroatoms. The van der Waals surface area contributed by atoms with Crippen molar-refractivity contribution in [3.63, 3.8) is 0 Å². The third-order valence-corrected chi connectivity index (χ3v) is 3.76. The van der Waals surface area contributed by atoms with Crippen molar-refractivity contribution in [2.75, 3.05) is 11.5 Å². The lowest BCUT2D eigenvalue weighted by Crippen LogP contribution is -2.54. The number of hydrogen-bond acceptors (Lipinski definition) is 6. The first-order valence-corrected chi connectivity index (χ1v) is 8.16. The molecule has 1 aliphatic rings. The van der Waals surface area contributed by atoms with Gasteiger partial charge in [-0.25, -0.2) is 4.99 Å². The number of anilines is 1. The Morgan fingerprint density at radius 2 is 1.75 bits per heavy atom. The first-order valence-electron chi connectivity index (χ1n) is 8.16. The molecule has 2 rings (SSSR count). The number of rotatable bonds is 7. The van der Waals surface area contributed by atoms with Gasteiger partial charge in [0.05, 0.1) is 6.61 Å². The number of benzene rings is 1. The summed E-state index contributed by atoms with van der Waals surface area (Å²) in [5, 5.41) is 0. The Hall–Kier alpha value is -1.95. The van der Waals surface area contributed by atoms with E-state index in [1.807, 2.05) is 43.0 Å². The molecule has 0 saturated carbocycles. The Morgan fingerprint density at radius 3 is 2.33 bits per heavy atom. The second-order valence-electron chi connectivity index (χ2n) is 6.17. The van der Waals surface area contributed by atoms with E-state index in [9.17, 15) is 0 Å². The topological polar surface area (TPSA) is 89.2 Å². The molecule has 0 spiro atoms. The number of nitrogens with two attached hydrogens (primary N) is 2. The Kier molecular flexibility index (Phi) is 7.35. The van der Waals surface area contributed by atoms with Crippen LogP contribution in [0.5, 0.6) is 5.75 Å². The highest BCUT2D eigenvalue weighted by Crippen LogP contribution is 2.28. The van der Waals surface area contributed by atoms with Crippen molar-refractivity contribution in [1.29, 1.82) is 0 Å². The number of halogens is 1. The first kappa shape index (κ1) is 20.1. The van der Waals surface area contributed by atoms with Crippen LogP contribution < -0.4 is 21.1 Å². The van der Waals surface area contributed by atoms with Gasteiger partial charge in [0.15, 0.2) is 0 Å². The Labute approximate surface area is 150 Å². The van der Waals surface area contributed by atoms with Gasteiger partial charge in [0.25, 0.3) is 0 Å². The van der Waals surface area contributed by atoms with E-state index in [1.54, 1.807) is 0 Å². The van der Waals surface area contributed by atoms with Crippen molar-refractivity contribution in [3.8, 4) is 5.75 Å². The molecule has 0 saturated heterocycles. The van der Waals surface area contributed by atoms with Gasteiger partial charge < -0.3 is 16.2 Å². The van der Waals surface area contributed by atoms with Crippen molar-refractivity contribution in [1.82, 2.24) is 0 Å². The molecule has 1 aromatic rings. The fourth-order valence-corrected chi connectivity index (χ4v) is 2.66. The van der Waals surface area contributed by atoms with E-state index in [0.717, 1.165) is 24.5 Å². The van der Waals surface area contributed by atoms with E-state index in [4.69, 9.17) is 16.2 Å². The molecule has 6 nitrogen and oxygen atoms in total. The molecule has 0 unspecified atom stereocenters. The van der Waals surface area contributed by atoms with Crippen LogP contribution >= 0.6 is 12.4 Å². The fourth-order valence-electron chi connectivity index (χ4n) is 2.66. The van der Waals surface area contributed by atoms with Crippen LogP contribution in [-0.4, -0.2) is 24.2 Å². The van der Waals surface area contributed by atoms with E-state index >= 15 is 0 Å². The molecule has 1 aliphatic heterocycles. The molecule has 0 aromatic heterocycles. The summed E-state index contributed by atoms with van der Waals surface area (Å²) in [5.74, 6) is 1.41. The molecule has 1 heterocycles. The summed E-state index contributed by atoms with van der Waals surface area (Å²) >= 11 is 0. The van der Waals surface area contributed by atoms with Gasteiger partial charge in [0, 0.05) is 5.69 Å². The van der Waals surface area contributed by atoms with Gasteiger partial charge in [-0.1, -0.05) is 26.2 Å². The van der Waals surface area contributed by atoms with Crippen molar-refractivity contribution in [2.24, 2.45) is 21.5 Å². The van der Waals surface area contributed by atoms with Gasteiger partial charge in [-0.15, -0.1) is 12.4 Å². The maximum absolute atomic E-state index is 6.03. The quantitative estimate of drug-likeness (QED) is 0.736. The lowest BCUT2D eigenvalue weighted by atomic mass is 10.1. The highest BCUT2D eigenvalue weighted by molar-refractivity contribution is 6.05. The Morgan fingerprint density at radius 1 is 1.08 bits per heavy atom. The molecule has 0 atom stereocenters. The van der Waals surface area contributed by atoms with E-state index in [0.29, 0.717) is 5.96 Å². The van der Waals surface area contributed by atoms with Crippen LogP contribution in [0.4, 0.5) is 5.69 Å². The number of ether oxygens (including phenoxy) is 1. The van der Waals surface area contributed by atoms with Gasteiger partial charge in [-0.2, -0.15) is 4.99 Å². The summed E-state index contributed by atoms with van der Waals surface area (Å²) in [6.45, 7) is 6.84. The minimum Gasteiger partial charge on any atom is -0.494 e. The summed E-state index contributed by atoms with van der Waals surface area (Å²) in [4.78, 5) is 10.3. The van der Waals surface area contributed by atoms with Crippen LogP contribution in [0.3, 0.4) is 0 Å². The summed E-state index contributed by atoms with van der Waals surface area (Å²) in [6, 6.07) is 7.81. The standard InChI is InChI=1S/C17H27N5O.ClH/c1-4-5-6-7-12-23-14-10-8-13(9-11-14)22-16(19)20-15(18)21-17(22,2)3;/h8-11H,4-7,12H2,1-3H3,(H4,18,19,20,21);1H. The number of nitrogens with zero attached hydrogens (tertiary/aromatic N) is 3. The Balaban J connectivity index is 0.00000288. The van der Waals surface area contributed by atoms with Crippen molar-refractivity contribution in [2.45, 2.75) is 52.1 Å². The van der Waals surface area contributed by atoms with Crippen LogP contribution in [0.1, 0.15) is 46.5 Å². The van der Waals surface area contributed by atoms with Gasteiger partial charge in [0.2, 0.25) is 11.9 Å². The number of unbranched alkanes of at least 4 members (excludes halogenated alkanes) is 3. The SMILES string of the molecule is CCCCCCOc1ccc(N2C(N)=NC(N)=NC2(C)C)cc1.Cl. The molecule has 0 amide bonds. The lowest BCUT2D eigenvalue weighted by Gasteiger charge is -2.38. The average Bonchev–Trinajstić information content (AvgIpc) is 2.46. The first-order chi connectivity index (χ1) is 10.9. The zero-order valence-electron chi connectivity index (χ0n) is 14.7. The second-order valence-corrected chi connectivity index (χ2v) is 6.17. The van der Waals surface area contributed by atoms with Crippen LogP contribution in [-0.2, 0) is 0 Å². The lowest BCUT2D eigenvalue weighted by molar-refractivity contribution is 0.305. The minimum absolute atomic E-state index is 0. The number of guanidine groups is 2. The summed E-state index contributed by atoms with van der Waals surface area (Å²) < 4.78 is 5.76. The molecule has 134 valence electrons. The highest BCUT2D eigenvalue weighted by Gasteiger charge is 2.32. The smallest absolute Gasteiger partial charge is 0.220 e. The van der Waals surface area contributed by atoms with Crippen molar-refractivity contribution >= 4 is 30.0 Å². The van der Waals surface area contributed by atoms with Gasteiger partial charge in [0.1, 0.15) is 11.4 Å².